The van der Waals surface area contributed by atoms with Gasteiger partial charge in [-0.25, -0.2) is 0 Å². The molecule has 2 aromatic heterocycles. The molecule has 0 atom stereocenters. The number of hydrogen-bond donors (Lipinski definition) is 1. The molecular weight excluding hydrogens is 318 g/mol. The van der Waals surface area contributed by atoms with Crippen molar-refractivity contribution in [3.63, 3.8) is 0 Å². The summed E-state index contributed by atoms with van der Waals surface area (Å²) >= 11 is 0. The Kier molecular flexibility index (Phi) is 4.30. The largest absolute Gasteiger partial charge is 0.338 e. The molecule has 4 rings (SSSR count). The van der Waals surface area contributed by atoms with Gasteiger partial charge in [0.1, 0.15) is 0 Å². The van der Waals surface area contributed by atoms with Crippen molar-refractivity contribution in [2.45, 2.75) is 13.1 Å². The molecule has 4 aromatic rings. The van der Waals surface area contributed by atoms with Gasteiger partial charge in [-0.1, -0.05) is 71.0 Å². The van der Waals surface area contributed by atoms with Crippen LogP contribution in [-0.4, -0.2) is 20.3 Å². The summed E-state index contributed by atoms with van der Waals surface area (Å²) in [5.74, 6) is 2.14. The SMILES string of the molecule is c1ccc(-c2noc(CNCc3nc(-c4ccccc4)no3)n2)cc1. The molecule has 7 heteroatoms. The van der Waals surface area contributed by atoms with Crippen LogP contribution >= 0.6 is 0 Å². The van der Waals surface area contributed by atoms with Crippen LogP contribution in [0.15, 0.2) is 69.7 Å². The van der Waals surface area contributed by atoms with Crippen LogP contribution in [0.5, 0.6) is 0 Å². The first-order valence-corrected chi connectivity index (χ1v) is 7.85. The lowest BCUT2D eigenvalue weighted by Gasteiger charge is -1.95. The van der Waals surface area contributed by atoms with Gasteiger partial charge < -0.3 is 9.05 Å². The van der Waals surface area contributed by atoms with Crippen molar-refractivity contribution in [2.75, 3.05) is 0 Å². The first kappa shape index (κ1) is 15.2. The van der Waals surface area contributed by atoms with Gasteiger partial charge in [0.05, 0.1) is 13.1 Å². The molecule has 0 radical (unpaired) electrons. The van der Waals surface area contributed by atoms with Gasteiger partial charge in [-0.15, -0.1) is 0 Å². The van der Waals surface area contributed by atoms with E-state index in [1.54, 1.807) is 0 Å². The minimum atomic E-state index is 0.420. The maximum Gasteiger partial charge on any atom is 0.240 e. The Labute approximate surface area is 143 Å². The average Bonchev–Trinajstić information content (AvgIpc) is 3.33. The normalized spacial score (nSPS) is 10.9. The fourth-order valence-electron chi connectivity index (χ4n) is 2.34. The second kappa shape index (κ2) is 7.06. The molecule has 0 aliphatic heterocycles. The van der Waals surface area contributed by atoms with Crippen LogP contribution < -0.4 is 5.32 Å². The van der Waals surface area contributed by atoms with Crippen LogP contribution in [0.2, 0.25) is 0 Å². The van der Waals surface area contributed by atoms with Crippen LogP contribution in [0.4, 0.5) is 0 Å². The van der Waals surface area contributed by atoms with Gasteiger partial charge in [0.2, 0.25) is 23.4 Å². The number of aromatic nitrogens is 4. The lowest BCUT2D eigenvalue weighted by Crippen LogP contribution is -2.13. The summed E-state index contributed by atoms with van der Waals surface area (Å²) in [5, 5.41) is 11.1. The van der Waals surface area contributed by atoms with E-state index in [-0.39, 0.29) is 0 Å². The second-order valence-corrected chi connectivity index (χ2v) is 5.36. The minimum Gasteiger partial charge on any atom is -0.338 e. The molecule has 1 N–H and O–H groups in total. The highest BCUT2D eigenvalue weighted by Gasteiger charge is 2.10. The first-order chi connectivity index (χ1) is 12.4. The lowest BCUT2D eigenvalue weighted by atomic mass is 10.2. The van der Waals surface area contributed by atoms with Crippen molar-refractivity contribution in [3.8, 4) is 22.8 Å². The molecule has 0 spiro atoms. The summed E-state index contributed by atoms with van der Waals surface area (Å²) in [7, 11) is 0. The van der Waals surface area contributed by atoms with Crippen LogP contribution in [0.1, 0.15) is 11.8 Å². The van der Waals surface area contributed by atoms with Gasteiger partial charge in [0.25, 0.3) is 0 Å². The second-order valence-electron chi connectivity index (χ2n) is 5.36. The van der Waals surface area contributed by atoms with Gasteiger partial charge >= 0.3 is 0 Å². The molecule has 0 saturated heterocycles. The van der Waals surface area contributed by atoms with E-state index in [1.165, 1.54) is 0 Å². The standard InChI is InChI=1S/C18H15N5O2/c1-3-7-13(8-4-1)17-20-15(24-22-17)11-19-12-16-21-18(23-25-16)14-9-5-2-6-10-14/h1-10,19H,11-12H2. The van der Waals surface area contributed by atoms with Crippen molar-refractivity contribution >= 4 is 0 Å². The lowest BCUT2D eigenvalue weighted by molar-refractivity contribution is 0.346. The van der Waals surface area contributed by atoms with E-state index in [4.69, 9.17) is 9.05 Å². The van der Waals surface area contributed by atoms with E-state index in [0.717, 1.165) is 11.1 Å². The van der Waals surface area contributed by atoms with Crippen LogP contribution in [0.3, 0.4) is 0 Å². The number of benzene rings is 2. The number of rotatable bonds is 6. The maximum atomic E-state index is 5.24. The quantitative estimate of drug-likeness (QED) is 0.580. The molecule has 25 heavy (non-hydrogen) atoms. The van der Waals surface area contributed by atoms with Gasteiger partial charge in [0, 0.05) is 11.1 Å². The van der Waals surface area contributed by atoms with Gasteiger partial charge in [0.15, 0.2) is 0 Å². The van der Waals surface area contributed by atoms with E-state index >= 15 is 0 Å². The monoisotopic (exact) mass is 333 g/mol. The fourth-order valence-corrected chi connectivity index (χ4v) is 2.34. The van der Waals surface area contributed by atoms with E-state index in [1.807, 2.05) is 60.7 Å². The number of hydrogen-bond acceptors (Lipinski definition) is 7. The van der Waals surface area contributed by atoms with E-state index in [0.29, 0.717) is 36.5 Å². The van der Waals surface area contributed by atoms with Crippen molar-refractivity contribution in [1.82, 2.24) is 25.6 Å². The molecular formula is C18H15N5O2. The molecule has 0 aliphatic rings. The Bertz CT molecular complexity index is 857. The predicted octanol–water partition coefficient (Wildman–Crippen LogP) is 3.08. The summed E-state index contributed by atoms with van der Waals surface area (Å²) in [6, 6.07) is 19.4. The van der Waals surface area contributed by atoms with E-state index in [9.17, 15) is 0 Å². The minimum absolute atomic E-state index is 0.420. The summed E-state index contributed by atoms with van der Waals surface area (Å²) in [5.41, 5.74) is 1.84. The third kappa shape index (κ3) is 3.61. The Hall–Kier alpha value is -3.32. The Morgan fingerprint density at radius 2 is 1.08 bits per heavy atom. The zero-order chi connectivity index (χ0) is 16.9. The highest BCUT2D eigenvalue weighted by Crippen LogP contribution is 2.16. The molecule has 0 saturated carbocycles. The summed E-state index contributed by atoms with van der Waals surface area (Å²) in [6.07, 6.45) is 0. The Morgan fingerprint density at radius 1 is 0.640 bits per heavy atom. The third-order valence-corrected chi connectivity index (χ3v) is 3.55. The van der Waals surface area contributed by atoms with Crippen molar-refractivity contribution < 1.29 is 9.05 Å². The van der Waals surface area contributed by atoms with E-state index < -0.39 is 0 Å². The summed E-state index contributed by atoms with van der Waals surface area (Å²) < 4.78 is 10.5. The highest BCUT2D eigenvalue weighted by molar-refractivity contribution is 5.54. The van der Waals surface area contributed by atoms with Crippen molar-refractivity contribution in [2.24, 2.45) is 0 Å². The molecule has 0 amide bonds. The molecule has 0 unspecified atom stereocenters. The zero-order valence-electron chi connectivity index (χ0n) is 13.3. The molecule has 0 aliphatic carbocycles. The topological polar surface area (TPSA) is 89.9 Å². The first-order valence-electron chi connectivity index (χ1n) is 7.85. The zero-order valence-corrected chi connectivity index (χ0v) is 13.3. The third-order valence-electron chi connectivity index (χ3n) is 3.55. The Balaban J connectivity index is 1.34. The Morgan fingerprint density at radius 3 is 1.52 bits per heavy atom. The van der Waals surface area contributed by atoms with Crippen molar-refractivity contribution in [1.29, 1.82) is 0 Å². The molecule has 7 nitrogen and oxygen atoms in total. The molecule has 2 heterocycles. The highest BCUT2D eigenvalue weighted by atomic mass is 16.5. The molecule has 0 bridgehead atoms. The van der Waals surface area contributed by atoms with Crippen LogP contribution in [0, 0.1) is 0 Å². The van der Waals surface area contributed by atoms with Crippen molar-refractivity contribution in [3.05, 3.63) is 72.4 Å². The molecule has 124 valence electrons. The maximum absolute atomic E-state index is 5.24. The van der Waals surface area contributed by atoms with Crippen LogP contribution in [-0.2, 0) is 13.1 Å². The smallest absolute Gasteiger partial charge is 0.240 e. The van der Waals surface area contributed by atoms with Crippen LogP contribution in [0.25, 0.3) is 22.8 Å². The molecule has 2 aromatic carbocycles. The van der Waals surface area contributed by atoms with Gasteiger partial charge in [-0.3, -0.25) is 5.32 Å². The summed E-state index contributed by atoms with van der Waals surface area (Å²) in [4.78, 5) is 8.72. The van der Waals surface area contributed by atoms with Gasteiger partial charge in [-0.2, -0.15) is 9.97 Å². The predicted molar refractivity (Wildman–Crippen MR) is 90.0 cm³/mol. The number of nitrogens with zero attached hydrogens (tertiary/aromatic N) is 4. The number of nitrogens with one attached hydrogen (secondary N) is 1. The summed E-state index contributed by atoms with van der Waals surface area (Å²) in [6.45, 7) is 0.839. The van der Waals surface area contributed by atoms with E-state index in [2.05, 4.69) is 25.6 Å². The molecule has 0 fully saturated rings. The van der Waals surface area contributed by atoms with Gasteiger partial charge in [-0.05, 0) is 0 Å². The fraction of sp³-hybridized carbons (Fsp3) is 0.111. The average molecular weight is 333 g/mol.